The Morgan fingerprint density at radius 3 is 0.812 bits per heavy atom. The predicted molar refractivity (Wildman–Crippen MR) is 87.5 cm³/mol. The Kier molecular flexibility index (Phi) is 7.53. The summed E-state index contributed by atoms with van der Waals surface area (Å²) in [5.41, 5.74) is 5.28. The molecule has 0 saturated heterocycles. The molecule has 0 aliphatic heterocycles. The lowest BCUT2D eigenvalue weighted by atomic mass is 10.0. The molecule has 0 heterocycles. The average Bonchev–Trinajstić information content (AvgIpc) is 2.30. The van der Waals surface area contributed by atoms with Gasteiger partial charge in [-0.3, -0.25) is 0 Å². The van der Waals surface area contributed by atoms with E-state index in [1.807, 2.05) is 0 Å². The van der Waals surface area contributed by atoms with E-state index < -0.39 is 0 Å². The van der Waals surface area contributed by atoms with Crippen molar-refractivity contribution in [3.05, 3.63) is 46.6 Å². The van der Waals surface area contributed by atoms with Crippen LogP contribution in [0.15, 0.2) is 46.6 Å². The van der Waals surface area contributed by atoms with Gasteiger partial charge in [-0.15, -0.1) is 0 Å². The first kappa shape index (κ1) is 14.9. The van der Waals surface area contributed by atoms with Crippen molar-refractivity contribution >= 4 is 63.7 Å². The van der Waals surface area contributed by atoms with Crippen LogP contribution < -0.4 is 0 Å². The maximum atomic E-state index is 3.53. The Morgan fingerprint density at radius 2 is 0.688 bits per heavy atom. The van der Waals surface area contributed by atoms with Gasteiger partial charge in [0.2, 0.25) is 0 Å². The lowest BCUT2D eigenvalue weighted by Gasteiger charge is -2.10. The van der Waals surface area contributed by atoms with Gasteiger partial charge in [0.25, 0.3) is 0 Å². The summed E-state index contributed by atoms with van der Waals surface area (Å²) in [5, 5.41) is 3.53. The predicted octanol–water partition coefficient (Wildman–Crippen LogP) is 5.29. The molecule has 0 aromatic carbocycles. The van der Waals surface area contributed by atoms with Gasteiger partial charge in [0, 0.05) is 21.3 Å². The smallest absolute Gasteiger partial charge is 0.0286 e. The van der Waals surface area contributed by atoms with Crippen molar-refractivity contribution in [2.75, 3.05) is 21.3 Å². The molecule has 0 N–H and O–H groups in total. The van der Waals surface area contributed by atoms with Gasteiger partial charge in [-0.2, -0.15) is 0 Å². The Balaban J connectivity index is 3.13. The van der Waals surface area contributed by atoms with Crippen LogP contribution >= 0.6 is 63.7 Å². The molecule has 1 aliphatic carbocycles. The topological polar surface area (TPSA) is 0 Å². The average molecular weight is 476 g/mol. The van der Waals surface area contributed by atoms with E-state index in [1.54, 1.807) is 0 Å². The Labute approximate surface area is 130 Å². The normalized spacial score (nSPS) is 29.8. The molecule has 16 heavy (non-hydrogen) atoms. The van der Waals surface area contributed by atoms with Gasteiger partial charge in [-0.25, -0.2) is 0 Å². The van der Waals surface area contributed by atoms with E-state index in [0.29, 0.717) is 0 Å². The van der Waals surface area contributed by atoms with Gasteiger partial charge in [0.1, 0.15) is 0 Å². The lowest BCUT2D eigenvalue weighted by Crippen LogP contribution is -1.97. The molecular weight excluding hydrogens is 464 g/mol. The van der Waals surface area contributed by atoms with Crippen LogP contribution in [0, 0.1) is 0 Å². The second-order valence-corrected chi connectivity index (χ2v) is 5.55. The molecule has 1 aliphatic rings. The zero-order valence-electron chi connectivity index (χ0n) is 8.65. The summed E-state index contributed by atoms with van der Waals surface area (Å²) >= 11 is 14.1. The fraction of sp³-hybridized carbons (Fsp3) is 0.333. The summed E-state index contributed by atoms with van der Waals surface area (Å²) in [6.45, 7) is 0. The Bertz CT molecular complexity index is 293. The second kappa shape index (κ2) is 8.06. The van der Waals surface area contributed by atoms with Crippen LogP contribution in [-0.4, -0.2) is 21.3 Å². The summed E-state index contributed by atoms with van der Waals surface area (Å²) in [6.07, 6.45) is 8.75. The molecule has 0 aromatic heterocycles. The number of halogens is 4. The highest BCUT2D eigenvalue weighted by molar-refractivity contribution is 9.09. The maximum Gasteiger partial charge on any atom is 0.0286 e. The van der Waals surface area contributed by atoms with E-state index in [9.17, 15) is 0 Å². The molecule has 0 saturated carbocycles. The molecule has 88 valence electrons. The minimum Gasteiger partial charge on any atom is -0.0876 e. The van der Waals surface area contributed by atoms with Crippen molar-refractivity contribution in [2.24, 2.45) is 0 Å². The first-order valence-corrected chi connectivity index (χ1v) is 9.29. The maximum absolute atomic E-state index is 3.53. The van der Waals surface area contributed by atoms with Crippen LogP contribution in [0.3, 0.4) is 0 Å². The van der Waals surface area contributed by atoms with Gasteiger partial charge in [0.15, 0.2) is 0 Å². The van der Waals surface area contributed by atoms with Crippen LogP contribution in [0.5, 0.6) is 0 Å². The fourth-order valence-corrected chi connectivity index (χ4v) is 3.54. The highest BCUT2D eigenvalue weighted by atomic mass is 79.9. The number of allylic oxidation sites excluding steroid dienone is 8. The minimum atomic E-state index is 0.883. The van der Waals surface area contributed by atoms with E-state index >= 15 is 0 Å². The first-order valence-electron chi connectivity index (χ1n) is 4.80. The molecular formula is C12H12Br4. The van der Waals surface area contributed by atoms with E-state index in [-0.39, 0.29) is 0 Å². The Hall–Kier alpha value is 0.880. The molecule has 0 radical (unpaired) electrons. The third-order valence-electron chi connectivity index (χ3n) is 2.37. The number of hydrogen-bond acceptors (Lipinski definition) is 0. The number of rotatable bonds is 4. The van der Waals surface area contributed by atoms with Gasteiger partial charge < -0.3 is 0 Å². The van der Waals surface area contributed by atoms with Crippen LogP contribution in [0.25, 0.3) is 0 Å². The van der Waals surface area contributed by atoms with Crippen LogP contribution in [0.1, 0.15) is 0 Å². The highest BCUT2D eigenvalue weighted by Crippen LogP contribution is 2.22. The molecule has 0 bridgehead atoms. The third kappa shape index (κ3) is 3.97. The van der Waals surface area contributed by atoms with Crippen LogP contribution in [0.4, 0.5) is 0 Å². The van der Waals surface area contributed by atoms with Crippen molar-refractivity contribution < 1.29 is 0 Å². The molecule has 0 atom stereocenters. The molecule has 0 unspecified atom stereocenters. The van der Waals surface area contributed by atoms with Gasteiger partial charge in [0.05, 0.1) is 0 Å². The third-order valence-corrected chi connectivity index (χ3v) is 4.79. The molecule has 4 heteroatoms. The summed E-state index contributed by atoms with van der Waals surface area (Å²) in [4.78, 5) is 0. The molecule has 0 spiro atoms. The van der Waals surface area contributed by atoms with Crippen LogP contribution in [0.2, 0.25) is 0 Å². The van der Waals surface area contributed by atoms with Crippen molar-refractivity contribution in [2.45, 2.75) is 0 Å². The second-order valence-electron chi connectivity index (χ2n) is 3.30. The standard InChI is InChI=1S/C12H12Br4/c13-5-9-1-2-10(6-14)12(8-16)4-3-11(9)7-15/h1-4H,5-8H2/b2-1-,4-3+,9-1?,10-2?,11-3?,11-9-,12-4?,12-10+. The monoisotopic (exact) mass is 472 g/mol. The summed E-state index contributed by atoms with van der Waals surface area (Å²) in [7, 11) is 0. The SMILES string of the molecule is BrCC1=C(CBr)/C=C/C(CBr)=C(CBr)/C=C\1. The Morgan fingerprint density at radius 1 is 0.500 bits per heavy atom. The highest BCUT2D eigenvalue weighted by Gasteiger charge is 2.05. The van der Waals surface area contributed by atoms with Gasteiger partial charge in [-0.05, 0) is 22.3 Å². The minimum absolute atomic E-state index is 0.883. The van der Waals surface area contributed by atoms with E-state index in [0.717, 1.165) is 21.3 Å². The van der Waals surface area contributed by atoms with Crippen molar-refractivity contribution in [3.63, 3.8) is 0 Å². The summed E-state index contributed by atoms with van der Waals surface area (Å²) in [6, 6.07) is 0. The molecule has 0 fully saturated rings. The van der Waals surface area contributed by atoms with E-state index in [1.165, 1.54) is 22.3 Å². The molecule has 0 nitrogen and oxygen atoms in total. The van der Waals surface area contributed by atoms with Gasteiger partial charge in [-0.1, -0.05) is 88.0 Å². The fourth-order valence-electron chi connectivity index (χ4n) is 1.35. The van der Waals surface area contributed by atoms with E-state index in [4.69, 9.17) is 0 Å². The van der Waals surface area contributed by atoms with Gasteiger partial charge >= 0.3 is 0 Å². The van der Waals surface area contributed by atoms with Crippen molar-refractivity contribution in [3.8, 4) is 0 Å². The van der Waals surface area contributed by atoms with Crippen molar-refractivity contribution in [1.82, 2.24) is 0 Å². The number of hydrogen-bond donors (Lipinski definition) is 0. The quantitative estimate of drug-likeness (QED) is 0.485. The first-order chi connectivity index (χ1) is 7.76. The molecule has 1 rings (SSSR count). The van der Waals surface area contributed by atoms with E-state index in [2.05, 4.69) is 88.0 Å². The molecule has 0 amide bonds. The summed E-state index contributed by atoms with van der Waals surface area (Å²) in [5.74, 6) is 0. The van der Waals surface area contributed by atoms with Crippen molar-refractivity contribution in [1.29, 1.82) is 0 Å². The zero-order chi connectivity index (χ0) is 12.0. The molecule has 0 aromatic rings. The zero-order valence-corrected chi connectivity index (χ0v) is 15.0. The van der Waals surface area contributed by atoms with Crippen LogP contribution in [-0.2, 0) is 0 Å². The lowest BCUT2D eigenvalue weighted by molar-refractivity contribution is 1.34. The summed E-state index contributed by atoms with van der Waals surface area (Å²) < 4.78 is 0. The largest absolute Gasteiger partial charge is 0.0876 e. The number of alkyl halides is 4.